The molecular formula is C2LiMnO4+. The van der Waals surface area contributed by atoms with Gasteiger partial charge in [0.25, 0.3) is 0 Å². The number of aliphatic carboxylic acids is 2. The number of rotatable bonds is 0. The van der Waals surface area contributed by atoms with Gasteiger partial charge in [0.2, 0.25) is 0 Å². The molecule has 0 fully saturated rings. The van der Waals surface area contributed by atoms with E-state index in [1.807, 2.05) is 0 Å². The fourth-order valence-corrected chi connectivity index (χ4v) is 0. The fourth-order valence-electron chi connectivity index (χ4n) is 0. The molecular weight excluding hydrogens is 150 g/mol. The predicted molar refractivity (Wildman–Crippen MR) is 10.0 cm³/mol. The predicted octanol–water partition coefficient (Wildman–Crippen LogP) is -6.51. The van der Waals surface area contributed by atoms with Crippen LogP contribution < -0.4 is 29.1 Å². The molecule has 0 aliphatic carbocycles. The van der Waals surface area contributed by atoms with Crippen LogP contribution in [0.3, 0.4) is 0 Å². The first kappa shape index (κ1) is 15.7. The van der Waals surface area contributed by atoms with Crippen LogP contribution in [0.15, 0.2) is 0 Å². The van der Waals surface area contributed by atoms with Gasteiger partial charge in [-0.1, -0.05) is 0 Å². The molecule has 0 saturated carbocycles. The number of carboxylic acid groups (broad SMARTS) is 2. The van der Waals surface area contributed by atoms with Crippen molar-refractivity contribution < 1.29 is 55.7 Å². The Balaban J connectivity index is -0.000000125. The third kappa shape index (κ3) is 9.41. The molecule has 0 bridgehead atoms. The molecule has 0 N–H and O–H groups in total. The molecule has 0 atom stereocenters. The van der Waals surface area contributed by atoms with E-state index >= 15 is 0 Å². The number of carbonyl (C=O) groups is 2. The van der Waals surface area contributed by atoms with Gasteiger partial charge in [0.15, 0.2) is 0 Å². The first-order valence-corrected chi connectivity index (χ1v) is 1.07. The van der Waals surface area contributed by atoms with E-state index in [0.29, 0.717) is 0 Å². The molecule has 0 aromatic carbocycles. The largest absolute Gasteiger partial charge is 2.00 e. The van der Waals surface area contributed by atoms with Crippen LogP contribution in [-0.2, 0) is 26.7 Å². The van der Waals surface area contributed by atoms with Crippen molar-refractivity contribution in [2.75, 3.05) is 0 Å². The average molecular weight is 150 g/mol. The van der Waals surface area contributed by atoms with Gasteiger partial charge in [0.1, 0.15) is 0 Å². The summed E-state index contributed by atoms with van der Waals surface area (Å²) in [6.07, 6.45) is 0. The van der Waals surface area contributed by atoms with Gasteiger partial charge in [-0.25, -0.2) is 0 Å². The summed E-state index contributed by atoms with van der Waals surface area (Å²) in [7, 11) is 0. The van der Waals surface area contributed by atoms with Gasteiger partial charge >= 0.3 is 35.9 Å². The summed E-state index contributed by atoms with van der Waals surface area (Å²) in [4.78, 5) is 17.9. The molecule has 8 heavy (non-hydrogen) atoms. The number of hydrogen-bond donors (Lipinski definition) is 0. The fraction of sp³-hybridized carbons (Fsp3) is 0. The normalized spacial score (nSPS) is 5.50. The van der Waals surface area contributed by atoms with E-state index in [-0.39, 0.29) is 35.9 Å². The summed E-state index contributed by atoms with van der Waals surface area (Å²) in [5, 5.41) is 17.9. The van der Waals surface area contributed by atoms with Gasteiger partial charge in [0, 0.05) is 0 Å². The molecule has 4 nitrogen and oxygen atoms in total. The van der Waals surface area contributed by atoms with Gasteiger partial charge in [-0.3, -0.25) is 0 Å². The third-order valence-electron chi connectivity index (χ3n) is 0.167. The Morgan fingerprint density at radius 1 is 1.00 bits per heavy atom. The second-order valence-electron chi connectivity index (χ2n) is 0.575. The van der Waals surface area contributed by atoms with Gasteiger partial charge in [-0.2, -0.15) is 0 Å². The third-order valence-corrected chi connectivity index (χ3v) is 0.167. The Hall–Kier alpha value is 0.0569. The standard InChI is InChI=1S/C2H2O4.Li.Mn/c3-1(4)2(5)6;;/h(H,3,4)(H,5,6);;/q;+1;+2/p-2. The van der Waals surface area contributed by atoms with Crippen LogP contribution in [0, 0.1) is 0 Å². The molecule has 39 valence electrons. The number of carboxylic acids is 2. The first-order chi connectivity index (χ1) is 2.64. The van der Waals surface area contributed by atoms with E-state index < -0.39 is 11.9 Å². The zero-order valence-corrected chi connectivity index (χ0v) is 5.19. The Kier molecular flexibility index (Phi) is 13.8. The molecule has 0 aliphatic rings. The monoisotopic (exact) mass is 150 g/mol. The molecule has 0 amide bonds. The van der Waals surface area contributed by atoms with Crippen LogP contribution in [0.25, 0.3) is 0 Å². The van der Waals surface area contributed by atoms with Gasteiger partial charge in [0.05, 0.1) is 11.9 Å². The van der Waals surface area contributed by atoms with E-state index in [2.05, 4.69) is 0 Å². The molecule has 0 aromatic rings. The summed E-state index contributed by atoms with van der Waals surface area (Å²) in [6, 6.07) is 0. The minimum atomic E-state index is -2.19. The van der Waals surface area contributed by atoms with Crippen molar-refractivity contribution >= 4 is 11.9 Å². The molecule has 6 heteroatoms. The van der Waals surface area contributed by atoms with E-state index in [0.717, 1.165) is 0 Å². The Bertz CT molecular complexity index is 80.0. The maximum Gasteiger partial charge on any atom is 2.00 e. The maximum absolute atomic E-state index is 8.93. The van der Waals surface area contributed by atoms with Gasteiger partial charge in [-0.15, -0.1) is 0 Å². The minimum Gasteiger partial charge on any atom is -0.543 e. The molecule has 0 rings (SSSR count). The molecule has 0 aromatic heterocycles. The summed E-state index contributed by atoms with van der Waals surface area (Å²) in [5.41, 5.74) is 0. The van der Waals surface area contributed by atoms with Crippen LogP contribution in [-0.4, -0.2) is 11.9 Å². The van der Waals surface area contributed by atoms with Gasteiger partial charge < -0.3 is 19.8 Å². The summed E-state index contributed by atoms with van der Waals surface area (Å²) in [6.45, 7) is 0. The average Bonchev–Trinajstić information content (AvgIpc) is 1.36. The molecule has 0 aliphatic heterocycles. The summed E-state index contributed by atoms with van der Waals surface area (Å²) >= 11 is 0. The summed E-state index contributed by atoms with van der Waals surface area (Å²) in [5.74, 6) is -4.37. The van der Waals surface area contributed by atoms with Crippen LogP contribution in [0.4, 0.5) is 0 Å². The number of carbonyl (C=O) groups excluding carboxylic acids is 2. The van der Waals surface area contributed by atoms with Gasteiger partial charge in [-0.05, 0) is 0 Å². The zero-order chi connectivity index (χ0) is 5.15. The van der Waals surface area contributed by atoms with Crippen molar-refractivity contribution in [2.45, 2.75) is 0 Å². The van der Waals surface area contributed by atoms with Crippen molar-refractivity contribution in [1.29, 1.82) is 0 Å². The van der Waals surface area contributed by atoms with Crippen molar-refractivity contribution in [2.24, 2.45) is 0 Å². The second-order valence-corrected chi connectivity index (χ2v) is 0.575. The Morgan fingerprint density at radius 2 is 1.12 bits per heavy atom. The summed E-state index contributed by atoms with van der Waals surface area (Å²) < 4.78 is 0. The van der Waals surface area contributed by atoms with Crippen molar-refractivity contribution in [3.63, 3.8) is 0 Å². The minimum absolute atomic E-state index is 0. The number of hydrogen-bond acceptors (Lipinski definition) is 4. The Labute approximate surface area is 67.9 Å². The maximum atomic E-state index is 8.93. The first-order valence-electron chi connectivity index (χ1n) is 1.07. The van der Waals surface area contributed by atoms with Crippen LogP contribution in [0.2, 0.25) is 0 Å². The van der Waals surface area contributed by atoms with Crippen LogP contribution >= 0.6 is 0 Å². The molecule has 0 saturated heterocycles. The molecule has 0 unspecified atom stereocenters. The molecule has 0 spiro atoms. The molecule has 0 heterocycles. The van der Waals surface area contributed by atoms with Crippen molar-refractivity contribution in [3.8, 4) is 0 Å². The van der Waals surface area contributed by atoms with E-state index in [1.165, 1.54) is 0 Å². The van der Waals surface area contributed by atoms with Crippen molar-refractivity contribution in [3.05, 3.63) is 0 Å². The zero-order valence-electron chi connectivity index (χ0n) is 4.01. The topological polar surface area (TPSA) is 80.3 Å². The van der Waals surface area contributed by atoms with E-state index in [9.17, 15) is 0 Å². The van der Waals surface area contributed by atoms with E-state index in [1.54, 1.807) is 0 Å². The van der Waals surface area contributed by atoms with Crippen LogP contribution in [0.1, 0.15) is 0 Å². The van der Waals surface area contributed by atoms with Crippen LogP contribution in [0.5, 0.6) is 0 Å². The van der Waals surface area contributed by atoms with Crippen molar-refractivity contribution in [1.82, 2.24) is 0 Å². The second kappa shape index (κ2) is 7.06. The smallest absolute Gasteiger partial charge is 0.543 e. The van der Waals surface area contributed by atoms with E-state index in [4.69, 9.17) is 19.8 Å². The SMILES string of the molecule is O=C([O-])C(=O)[O-].[Li+].[Mn+2]. The Morgan fingerprint density at radius 3 is 1.12 bits per heavy atom. The molecule has 1 radical (unpaired) electrons. The quantitative estimate of drug-likeness (QED) is 0.254.